The lowest BCUT2D eigenvalue weighted by Crippen LogP contribution is -2.20. The predicted octanol–water partition coefficient (Wildman–Crippen LogP) is 5.58. The predicted molar refractivity (Wildman–Crippen MR) is 92.2 cm³/mol. The summed E-state index contributed by atoms with van der Waals surface area (Å²) in [4.78, 5) is 0. The van der Waals surface area contributed by atoms with Crippen LogP contribution in [0, 0.1) is 22.7 Å². The number of halogens is 3. The van der Waals surface area contributed by atoms with Crippen LogP contribution in [-0.2, 0) is 13.0 Å². The molecule has 0 aromatic heterocycles. The van der Waals surface area contributed by atoms with Crippen LogP contribution >= 0.6 is 47.8 Å². The molecule has 0 fully saturated rings. The molecule has 0 heterocycles. The van der Waals surface area contributed by atoms with E-state index in [1.165, 1.54) is 0 Å². The zero-order valence-electron chi connectivity index (χ0n) is 11.8. The van der Waals surface area contributed by atoms with E-state index in [-0.39, 0.29) is 0 Å². The molecule has 0 spiro atoms. The number of alkyl halides is 3. The third kappa shape index (κ3) is 3.85. The van der Waals surface area contributed by atoms with E-state index in [0.29, 0.717) is 0 Å². The Balaban J connectivity index is 3.63. The molecule has 0 amide bonds. The maximum atomic E-state index is 9.34. The summed E-state index contributed by atoms with van der Waals surface area (Å²) in [5.74, 6) is 0. The first-order valence-corrected chi connectivity index (χ1v) is 8.38. The normalized spacial score (nSPS) is 12.7. The monoisotopic (exact) mass is 460 g/mol. The lowest BCUT2D eigenvalue weighted by molar-refractivity contribution is 0.659. The standard InChI is InChI=1S/C15H15Br3N2/c1-13(2,8-19)10-5-11(14(3,4)9-20)7-12(6-10)15(16,17)18/h5-7H,1-4H3. The van der Waals surface area contributed by atoms with Gasteiger partial charge in [0.25, 0.3) is 0 Å². The summed E-state index contributed by atoms with van der Waals surface area (Å²) in [5.41, 5.74) is 1.46. The van der Waals surface area contributed by atoms with Crippen molar-refractivity contribution in [2.45, 2.75) is 40.7 Å². The molecule has 20 heavy (non-hydrogen) atoms. The lowest BCUT2D eigenvalue weighted by atomic mass is 9.79. The molecule has 0 aliphatic rings. The van der Waals surface area contributed by atoms with Crippen molar-refractivity contribution in [2.75, 3.05) is 0 Å². The van der Waals surface area contributed by atoms with Crippen molar-refractivity contribution in [1.29, 1.82) is 10.5 Å². The second-order valence-corrected chi connectivity index (χ2v) is 12.5. The number of benzene rings is 1. The highest BCUT2D eigenvalue weighted by Crippen LogP contribution is 2.46. The Morgan fingerprint density at radius 2 is 1.05 bits per heavy atom. The van der Waals surface area contributed by atoms with Gasteiger partial charge < -0.3 is 0 Å². The number of hydrogen-bond acceptors (Lipinski definition) is 2. The summed E-state index contributed by atoms with van der Waals surface area (Å²) in [6, 6.07) is 10.5. The summed E-state index contributed by atoms with van der Waals surface area (Å²) in [6.45, 7) is 7.47. The van der Waals surface area contributed by atoms with Crippen LogP contribution in [0.1, 0.15) is 44.4 Å². The van der Waals surface area contributed by atoms with Crippen molar-refractivity contribution >= 4 is 47.8 Å². The molecule has 2 nitrogen and oxygen atoms in total. The molecule has 5 heteroatoms. The molecule has 0 radical (unpaired) electrons. The minimum atomic E-state index is -0.617. The van der Waals surface area contributed by atoms with E-state index in [1.807, 2.05) is 45.9 Å². The highest BCUT2D eigenvalue weighted by atomic mass is 80.0. The maximum absolute atomic E-state index is 9.34. The fraction of sp³-hybridized carbons (Fsp3) is 0.467. The van der Waals surface area contributed by atoms with Crippen LogP contribution in [0.25, 0.3) is 0 Å². The van der Waals surface area contributed by atoms with E-state index in [1.54, 1.807) is 0 Å². The van der Waals surface area contributed by atoms with Gasteiger partial charge in [-0.1, -0.05) is 66.0 Å². The van der Waals surface area contributed by atoms with Gasteiger partial charge in [0.2, 0.25) is 0 Å². The fourth-order valence-electron chi connectivity index (χ4n) is 1.64. The van der Waals surface area contributed by atoms with Crippen molar-refractivity contribution in [2.24, 2.45) is 0 Å². The summed E-state index contributed by atoms with van der Waals surface area (Å²) >= 11 is 10.5. The summed E-state index contributed by atoms with van der Waals surface area (Å²) < 4.78 is -0.575. The molecule has 0 bridgehead atoms. The van der Waals surface area contributed by atoms with E-state index in [4.69, 9.17) is 0 Å². The third-order valence-electron chi connectivity index (χ3n) is 3.26. The molecule has 1 rings (SSSR count). The fourth-order valence-corrected chi connectivity index (χ4v) is 2.33. The van der Waals surface area contributed by atoms with Gasteiger partial charge >= 0.3 is 0 Å². The highest BCUT2D eigenvalue weighted by molar-refractivity contribution is 9.38. The number of nitriles is 2. The number of nitrogens with zero attached hydrogens (tertiary/aromatic N) is 2. The highest BCUT2D eigenvalue weighted by Gasteiger charge is 2.30. The molecule has 0 N–H and O–H groups in total. The van der Waals surface area contributed by atoms with E-state index < -0.39 is 13.0 Å². The Hall–Kier alpha value is -0.360. The SMILES string of the molecule is CC(C)(C#N)c1cc(C(Br)(Br)Br)cc(C(C)(C)C#N)c1. The minimum absolute atomic E-state index is 0.575. The summed E-state index contributed by atoms with van der Waals surface area (Å²) in [7, 11) is 0. The Kier molecular flexibility index (Phi) is 5.12. The quantitative estimate of drug-likeness (QED) is 0.538. The Morgan fingerprint density at radius 1 is 0.750 bits per heavy atom. The largest absolute Gasteiger partial charge is 0.197 e. The van der Waals surface area contributed by atoms with Gasteiger partial charge in [0.15, 0.2) is 2.14 Å². The molecule has 0 unspecified atom stereocenters. The van der Waals surface area contributed by atoms with Crippen LogP contribution in [0.3, 0.4) is 0 Å². The molecule has 1 aromatic carbocycles. The topological polar surface area (TPSA) is 47.6 Å². The van der Waals surface area contributed by atoms with Gasteiger partial charge in [-0.25, -0.2) is 0 Å². The second kappa shape index (κ2) is 5.79. The average Bonchev–Trinajstić information content (AvgIpc) is 2.37. The molecule has 0 saturated heterocycles. The molecular weight excluding hydrogens is 448 g/mol. The molecule has 1 aromatic rings. The molecule has 0 aliphatic heterocycles. The first-order chi connectivity index (χ1) is 8.94. The van der Waals surface area contributed by atoms with Crippen molar-refractivity contribution < 1.29 is 0 Å². The van der Waals surface area contributed by atoms with Crippen molar-refractivity contribution in [3.8, 4) is 12.1 Å². The zero-order valence-corrected chi connectivity index (χ0v) is 16.5. The van der Waals surface area contributed by atoms with Gasteiger partial charge in [0.05, 0.1) is 23.0 Å². The van der Waals surface area contributed by atoms with Gasteiger partial charge in [-0.15, -0.1) is 0 Å². The van der Waals surface area contributed by atoms with Crippen LogP contribution in [0.2, 0.25) is 0 Å². The molecule has 0 aliphatic carbocycles. The second-order valence-electron chi connectivity index (χ2n) is 5.77. The van der Waals surface area contributed by atoms with Crippen molar-refractivity contribution in [3.63, 3.8) is 0 Å². The Morgan fingerprint density at radius 3 is 1.30 bits per heavy atom. The van der Waals surface area contributed by atoms with Gasteiger partial charge in [-0.3, -0.25) is 0 Å². The van der Waals surface area contributed by atoms with Crippen LogP contribution in [-0.4, -0.2) is 0 Å². The minimum Gasteiger partial charge on any atom is -0.197 e. The first-order valence-electron chi connectivity index (χ1n) is 6.00. The average molecular weight is 463 g/mol. The number of rotatable bonds is 2. The van der Waals surface area contributed by atoms with Gasteiger partial charge in [0.1, 0.15) is 0 Å². The van der Waals surface area contributed by atoms with Crippen LogP contribution < -0.4 is 0 Å². The Labute approximate surface area is 145 Å². The number of hydrogen-bond donors (Lipinski definition) is 0. The maximum Gasteiger partial charge on any atom is 0.159 e. The molecule has 0 saturated carbocycles. The summed E-state index contributed by atoms with van der Waals surface area (Å²) in [6.07, 6.45) is 0. The first kappa shape index (κ1) is 17.7. The van der Waals surface area contributed by atoms with Crippen LogP contribution in [0.15, 0.2) is 18.2 Å². The van der Waals surface area contributed by atoms with E-state index >= 15 is 0 Å². The van der Waals surface area contributed by atoms with Crippen LogP contribution in [0.4, 0.5) is 0 Å². The van der Waals surface area contributed by atoms with E-state index in [0.717, 1.165) is 16.7 Å². The van der Waals surface area contributed by atoms with Gasteiger partial charge in [0, 0.05) is 0 Å². The zero-order chi connectivity index (χ0) is 15.8. The lowest BCUT2D eigenvalue weighted by Gasteiger charge is -2.25. The molecule has 0 atom stereocenters. The summed E-state index contributed by atoms with van der Waals surface area (Å²) in [5, 5.41) is 18.7. The van der Waals surface area contributed by atoms with Crippen LogP contribution in [0.5, 0.6) is 0 Å². The smallest absolute Gasteiger partial charge is 0.159 e. The Bertz CT molecular complexity index is 555. The molecule has 106 valence electrons. The van der Waals surface area contributed by atoms with E-state index in [2.05, 4.69) is 59.9 Å². The third-order valence-corrected chi connectivity index (χ3v) is 4.64. The van der Waals surface area contributed by atoms with Crippen molar-refractivity contribution in [3.05, 3.63) is 34.9 Å². The van der Waals surface area contributed by atoms with E-state index in [9.17, 15) is 10.5 Å². The van der Waals surface area contributed by atoms with Gasteiger partial charge in [-0.05, 0) is 44.4 Å². The molecular formula is C15H15Br3N2. The van der Waals surface area contributed by atoms with Crippen molar-refractivity contribution in [1.82, 2.24) is 0 Å². The van der Waals surface area contributed by atoms with Gasteiger partial charge in [-0.2, -0.15) is 10.5 Å².